The van der Waals surface area contributed by atoms with Gasteiger partial charge in [0.15, 0.2) is 0 Å². The van der Waals surface area contributed by atoms with Crippen molar-refractivity contribution in [3.63, 3.8) is 0 Å². The van der Waals surface area contributed by atoms with Gasteiger partial charge in [-0.25, -0.2) is 4.79 Å². The maximum absolute atomic E-state index is 11.1. The van der Waals surface area contributed by atoms with E-state index in [2.05, 4.69) is 21.2 Å². The zero-order valence-electron chi connectivity index (χ0n) is 8.08. The fourth-order valence-electron chi connectivity index (χ4n) is 1.02. The van der Waals surface area contributed by atoms with Gasteiger partial charge in [0.05, 0.1) is 17.9 Å². The standard InChI is InChI=1S/C10H9BrN2O2/c1-2-15-10(14)13-9-5-3-4-8(11)7(9)6-12/h3-5H,2H2,1H3,(H,13,14). The lowest BCUT2D eigenvalue weighted by Gasteiger charge is -2.07. The molecule has 0 fully saturated rings. The van der Waals surface area contributed by atoms with E-state index in [0.29, 0.717) is 22.3 Å². The van der Waals surface area contributed by atoms with E-state index in [1.165, 1.54) is 0 Å². The van der Waals surface area contributed by atoms with Crippen molar-refractivity contribution in [3.05, 3.63) is 28.2 Å². The summed E-state index contributed by atoms with van der Waals surface area (Å²) in [7, 11) is 0. The second kappa shape index (κ2) is 5.37. The number of hydrogen-bond acceptors (Lipinski definition) is 3. The van der Waals surface area contributed by atoms with Gasteiger partial charge in [0, 0.05) is 4.47 Å². The fraction of sp³-hybridized carbons (Fsp3) is 0.200. The first-order valence-corrected chi connectivity index (χ1v) is 5.10. The molecule has 0 aliphatic carbocycles. The van der Waals surface area contributed by atoms with Crippen LogP contribution in [0.1, 0.15) is 12.5 Å². The monoisotopic (exact) mass is 268 g/mol. The Morgan fingerprint density at radius 1 is 1.67 bits per heavy atom. The minimum atomic E-state index is -0.563. The molecule has 0 heterocycles. The van der Waals surface area contributed by atoms with Crippen molar-refractivity contribution in [2.24, 2.45) is 0 Å². The largest absolute Gasteiger partial charge is 0.450 e. The molecule has 0 radical (unpaired) electrons. The lowest BCUT2D eigenvalue weighted by atomic mass is 10.2. The average molecular weight is 269 g/mol. The van der Waals surface area contributed by atoms with Crippen LogP contribution in [-0.2, 0) is 4.74 Å². The summed E-state index contributed by atoms with van der Waals surface area (Å²) in [5.41, 5.74) is 0.816. The lowest BCUT2D eigenvalue weighted by Crippen LogP contribution is -2.14. The van der Waals surface area contributed by atoms with E-state index in [4.69, 9.17) is 10.00 Å². The molecule has 15 heavy (non-hydrogen) atoms. The summed E-state index contributed by atoms with van der Waals surface area (Å²) >= 11 is 3.22. The van der Waals surface area contributed by atoms with Gasteiger partial charge in [-0.2, -0.15) is 5.26 Å². The number of rotatable bonds is 2. The van der Waals surface area contributed by atoms with Crippen LogP contribution in [0.2, 0.25) is 0 Å². The van der Waals surface area contributed by atoms with Crippen LogP contribution in [0, 0.1) is 11.3 Å². The van der Waals surface area contributed by atoms with Gasteiger partial charge in [0.1, 0.15) is 6.07 Å². The molecule has 0 saturated heterocycles. The Morgan fingerprint density at radius 3 is 3.00 bits per heavy atom. The number of nitrogens with zero attached hydrogens (tertiary/aromatic N) is 1. The zero-order chi connectivity index (χ0) is 11.3. The van der Waals surface area contributed by atoms with Crippen LogP contribution in [0.4, 0.5) is 10.5 Å². The van der Waals surface area contributed by atoms with E-state index in [1.807, 2.05) is 6.07 Å². The first kappa shape index (κ1) is 11.5. The van der Waals surface area contributed by atoms with Crippen molar-refractivity contribution in [3.8, 4) is 6.07 Å². The Hall–Kier alpha value is -1.54. The van der Waals surface area contributed by atoms with Crippen LogP contribution in [-0.4, -0.2) is 12.7 Å². The molecule has 0 bridgehead atoms. The second-order valence-corrected chi connectivity index (χ2v) is 3.47. The molecule has 0 unspecified atom stereocenters. The molecule has 0 atom stereocenters. The number of carbonyl (C=O) groups excluding carboxylic acids is 1. The Balaban J connectivity index is 2.91. The Labute approximate surface area is 96.0 Å². The van der Waals surface area contributed by atoms with Gasteiger partial charge in [0.25, 0.3) is 0 Å². The molecule has 1 amide bonds. The molecule has 0 aromatic heterocycles. The molecule has 0 spiro atoms. The van der Waals surface area contributed by atoms with Gasteiger partial charge in [-0.15, -0.1) is 0 Å². The minimum Gasteiger partial charge on any atom is -0.450 e. The summed E-state index contributed by atoms with van der Waals surface area (Å²) in [6.45, 7) is 2.01. The third-order valence-corrected chi connectivity index (χ3v) is 2.30. The lowest BCUT2D eigenvalue weighted by molar-refractivity contribution is 0.168. The molecule has 78 valence electrons. The van der Waals surface area contributed by atoms with Crippen molar-refractivity contribution < 1.29 is 9.53 Å². The number of nitrogens with one attached hydrogen (secondary N) is 1. The molecule has 4 nitrogen and oxygen atoms in total. The van der Waals surface area contributed by atoms with Crippen LogP contribution in [0.3, 0.4) is 0 Å². The van der Waals surface area contributed by atoms with E-state index < -0.39 is 6.09 Å². The highest BCUT2D eigenvalue weighted by Crippen LogP contribution is 2.23. The van der Waals surface area contributed by atoms with Crippen molar-refractivity contribution in [1.29, 1.82) is 5.26 Å². The molecule has 0 aliphatic heterocycles. The van der Waals surface area contributed by atoms with Crippen molar-refractivity contribution in [1.82, 2.24) is 0 Å². The van der Waals surface area contributed by atoms with E-state index in [0.717, 1.165) is 0 Å². The van der Waals surface area contributed by atoms with Crippen LogP contribution in [0.5, 0.6) is 0 Å². The summed E-state index contributed by atoms with van der Waals surface area (Å²) in [5.74, 6) is 0. The van der Waals surface area contributed by atoms with E-state index in [-0.39, 0.29) is 0 Å². The highest BCUT2D eigenvalue weighted by atomic mass is 79.9. The van der Waals surface area contributed by atoms with Crippen molar-refractivity contribution in [2.75, 3.05) is 11.9 Å². The Kier molecular flexibility index (Phi) is 4.13. The van der Waals surface area contributed by atoms with Gasteiger partial charge in [-0.3, -0.25) is 5.32 Å². The van der Waals surface area contributed by atoms with E-state index in [9.17, 15) is 4.79 Å². The van der Waals surface area contributed by atoms with Crippen molar-refractivity contribution >= 4 is 27.7 Å². The SMILES string of the molecule is CCOC(=O)Nc1cccc(Br)c1C#N. The number of ether oxygens (including phenoxy) is 1. The quantitative estimate of drug-likeness (QED) is 0.897. The summed E-state index contributed by atoms with van der Waals surface area (Å²) in [5, 5.41) is 11.4. The summed E-state index contributed by atoms with van der Waals surface area (Å²) < 4.78 is 5.35. The highest BCUT2D eigenvalue weighted by Gasteiger charge is 2.09. The summed E-state index contributed by atoms with van der Waals surface area (Å²) in [4.78, 5) is 11.1. The third kappa shape index (κ3) is 2.96. The maximum atomic E-state index is 11.1. The van der Waals surface area contributed by atoms with E-state index >= 15 is 0 Å². The predicted octanol–water partition coefficient (Wildman–Crippen LogP) is 2.89. The van der Waals surface area contributed by atoms with Crippen molar-refractivity contribution in [2.45, 2.75) is 6.92 Å². The van der Waals surface area contributed by atoms with Crippen LogP contribution in [0.15, 0.2) is 22.7 Å². The van der Waals surface area contributed by atoms with Crippen LogP contribution < -0.4 is 5.32 Å². The summed E-state index contributed by atoms with van der Waals surface area (Å²) in [6.07, 6.45) is -0.563. The minimum absolute atomic E-state index is 0.293. The number of benzene rings is 1. The van der Waals surface area contributed by atoms with Gasteiger partial charge in [-0.05, 0) is 35.0 Å². The second-order valence-electron chi connectivity index (χ2n) is 2.62. The van der Waals surface area contributed by atoms with Gasteiger partial charge in [0.2, 0.25) is 0 Å². The Morgan fingerprint density at radius 2 is 2.40 bits per heavy atom. The first-order valence-electron chi connectivity index (χ1n) is 4.31. The molecule has 0 aliphatic rings. The van der Waals surface area contributed by atoms with Gasteiger partial charge < -0.3 is 4.74 Å². The van der Waals surface area contributed by atoms with Gasteiger partial charge >= 0.3 is 6.09 Å². The number of anilines is 1. The topological polar surface area (TPSA) is 62.1 Å². The predicted molar refractivity (Wildman–Crippen MR) is 59.5 cm³/mol. The Bertz CT molecular complexity index is 412. The van der Waals surface area contributed by atoms with E-state index in [1.54, 1.807) is 25.1 Å². The maximum Gasteiger partial charge on any atom is 0.411 e. The third-order valence-electron chi connectivity index (χ3n) is 1.64. The smallest absolute Gasteiger partial charge is 0.411 e. The molecule has 5 heteroatoms. The molecule has 1 aromatic carbocycles. The number of amides is 1. The molecule has 1 aromatic rings. The fourth-order valence-corrected chi connectivity index (χ4v) is 1.47. The molecular weight excluding hydrogens is 260 g/mol. The van der Waals surface area contributed by atoms with Crippen LogP contribution in [0.25, 0.3) is 0 Å². The first-order chi connectivity index (χ1) is 7.19. The molecule has 1 rings (SSSR count). The van der Waals surface area contributed by atoms with Crippen LogP contribution >= 0.6 is 15.9 Å². The average Bonchev–Trinajstić information content (AvgIpc) is 2.18. The number of hydrogen-bond donors (Lipinski definition) is 1. The molecule has 1 N–H and O–H groups in total. The molecular formula is C10H9BrN2O2. The number of carbonyl (C=O) groups is 1. The number of halogens is 1. The van der Waals surface area contributed by atoms with Gasteiger partial charge in [-0.1, -0.05) is 6.07 Å². The number of nitriles is 1. The zero-order valence-corrected chi connectivity index (χ0v) is 9.67. The normalized spacial score (nSPS) is 9.13. The molecule has 0 saturated carbocycles. The summed E-state index contributed by atoms with van der Waals surface area (Å²) in [6, 6.07) is 7.09. The highest BCUT2D eigenvalue weighted by molar-refractivity contribution is 9.10.